The number of nitrogens with zero attached hydrogens (tertiary/aromatic N) is 1. The lowest BCUT2D eigenvalue weighted by Crippen LogP contribution is -2.14. The molecule has 0 amide bonds. The van der Waals surface area contributed by atoms with Gasteiger partial charge in [0.05, 0.1) is 11.4 Å². The van der Waals surface area contributed by atoms with Crippen molar-refractivity contribution >= 4 is 15.7 Å². The Morgan fingerprint density at radius 2 is 2.08 bits per heavy atom. The molecule has 0 radical (unpaired) electrons. The fraction of sp³-hybridized carbons (Fsp3) is 0.286. The molecule has 0 aliphatic rings. The lowest BCUT2D eigenvalue weighted by Gasteiger charge is -2.04. The van der Waals surface area contributed by atoms with Gasteiger partial charge in [0.2, 0.25) is 0 Å². The molecular formula is C7H11N3O2S. The van der Waals surface area contributed by atoms with E-state index in [1.54, 1.807) is 20.0 Å². The van der Waals surface area contributed by atoms with E-state index >= 15 is 0 Å². The van der Waals surface area contributed by atoms with Crippen molar-refractivity contribution in [2.75, 3.05) is 12.4 Å². The molecule has 0 fully saturated rings. The number of rotatable bonds is 2. The van der Waals surface area contributed by atoms with Gasteiger partial charge in [-0.25, -0.2) is 18.5 Å². The number of hydrogen-bond acceptors (Lipinski definition) is 4. The first-order valence-corrected chi connectivity index (χ1v) is 5.18. The Labute approximate surface area is 77.0 Å². The van der Waals surface area contributed by atoms with E-state index in [2.05, 4.69) is 10.3 Å². The summed E-state index contributed by atoms with van der Waals surface area (Å²) in [6.45, 7) is 1.71. The molecule has 0 atom stereocenters. The van der Waals surface area contributed by atoms with Crippen molar-refractivity contribution in [1.82, 2.24) is 4.98 Å². The number of primary sulfonamides is 1. The van der Waals surface area contributed by atoms with Gasteiger partial charge in [-0.05, 0) is 19.1 Å². The lowest BCUT2D eigenvalue weighted by atomic mass is 10.3. The first kappa shape index (κ1) is 9.94. The monoisotopic (exact) mass is 201 g/mol. The molecule has 1 aromatic rings. The Balaban J connectivity index is 3.26. The standard InChI is InChI=1S/C7H11N3O2S/c1-5-6(9-2)3-4-7(10-5)13(8,11)12/h3-4,9H,1-2H3,(H2,8,11,12). The van der Waals surface area contributed by atoms with Crippen molar-refractivity contribution in [3.05, 3.63) is 17.8 Å². The van der Waals surface area contributed by atoms with Crippen LogP contribution in [0.5, 0.6) is 0 Å². The molecular weight excluding hydrogens is 190 g/mol. The summed E-state index contributed by atoms with van der Waals surface area (Å²) in [7, 11) is -1.95. The summed E-state index contributed by atoms with van der Waals surface area (Å²) in [5, 5.41) is 7.67. The second-order valence-corrected chi connectivity index (χ2v) is 4.09. The average Bonchev–Trinajstić information content (AvgIpc) is 2.02. The number of hydrogen-bond donors (Lipinski definition) is 2. The highest BCUT2D eigenvalue weighted by Gasteiger charge is 2.10. The summed E-state index contributed by atoms with van der Waals surface area (Å²) in [6, 6.07) is 3.00. The molecule has 1 rings (SSSR count). The Hall–Kier alpha value is -1.14. The predicted molar refractivity (Wildman–Crippen MR) is 49.9 cm³/mol. The van der Waals surface area contributed by atoms with Crippen molar-refractivity contribution in [3.63, 3.8) is 0 Å². The third kappa shape index (κ3) is 2.16. The van der Waals surface area contributed by atoms with Gasteiger partial charge in [0, 0.05) is 7.05 Å². The summed E-state index contributed by atoms with van der Waals surface area (Å²) in [4.78, 5) is 3.84. The SMILES string of the molecule is CNc1ccc(S(N)(=O)=O)nc1C. The third-order valence-corrected chi connectivity index (χ3v) is 2.43. The van der Waals surface area contributed by atoms with Crippen LogP contribution in [0.1, 0.15) is 5.69 Å². The van der Waals surface area contributed by atoms with Crippen LogP contribution in [0.2, 0.25) is 0 Å². The maximum absolute atomic E-state index is 10.9. The first-order valence-electron chi connectivity index (χ1n) is 3.63. The molecule has 1 aromatic heterocycles. The number of nitrogens with one attached hydrogen (secondary N) is 1. The van der Waals surface area contributed by atoms with Gasteiger partial charge in [0.25, 0.3) is 10.0 Å². The highest BCUT2D eigenvalue weighted by molar-refractivity contribution is 7.89. The zero-order valence-electron chi connectivity index (χ0n) is 7.40. The van der Waals surface area contributed by atoms with Gasteiger partial charge >= 0.3 is 0 Å². The minimum atomic E-state index is -3.69. The molecule has 5 nitrogen and oxygen atoms in total. The molecule has 0 aromatic carbocycles. The van der Waals surface area contributed by atoms with Gasteiger partial charge in [-0.2, -0.15) is 0 Å². The largest absolute Gasteiger partial charge is 0.387 e. The molecule has 0 unspecified atom stereocenters. The maximum atomic E-state index is 10.9. The van der Waals surface area contributed by atoms with Crippen molar-refractivity contribution in [3.8, 4) is 0 Å². The van der Waals surface area contributed by atoms with E-state index in [0.29, 0.717) is 5.69 Å². The zero-order valence-corrected chi connectivity index (χ0v) is 8.22. The predicted octanol–water partition coefficient (Wildman–Crippen LogP) is 0.0791. The van der Waals surface area contributed by atoms with E-state index in [-0.39, 0.29) is 5.03 Å². The molecule has 3 N–H and O–H groups in total. The molecule has 0 aliphatic carbocycles. The highest BCUT2D eigenvalue weighted by Crippen LogP contribution is 2.13. The minimum Gasteiger partial charge on any atom is -0.387 e. The summed E-state index contributed by atoms with van der Waals surface area (Å²) in [5.74, 6) is 0. The van der Waals surface area contributed by atoms with Crippen LogP contribution in [-0.2, 0) is 10.0 Å². The van der Waals surface area contributed by atoms with E-state index in [1.165, 1.54) is 6.07 Å². The lowest BCUT2D eigenvalue weighted by molar-refractivity contribution is 0.593. The summed E-state index contributed by atoms with van der Waals surface area (Å²) in [5.41, 5.74) is 1.39. The number of pyridine rings is 1. The fourth-order valence-electron chi connectivity index (χ4n) is 0.961. The van der Waals surface area contributed by atoms with E-state index in [9.17, 15) is 8.42 Å². The van der Waals surface area contributed by atoms with Crippen LogP contribution in [0.3, 0.4) is 0 Å². The maximum Gasteiger partial charge on any atom is 0.255 e. The van der Waals surface area contributed by atoms with Crippen LogP contribution < -0.4 is 10.5 Å². The number of aromatic nitrogens is 1. The quantitative estimate of drug-likeness (QED) is 0.709. The van der Waals surface area contributed by atoms with Crippen LogP contribution in [0.4, 0.5) is 5.69 Å². The molecule has 0 spiro atoms. The minimum absolute atomic E-state index is 0.107. The van der Waals surface area contributed by atoms with Crippen molar-refractivity contribution in [2.45, 2.75) is 11.9 Å². The zero-order chi connectivity index (χ0) is 10.1. The first-order chi connectivity index (χ1) is 5.95. The smallest absolute Gasteiger partial charge is 0.255 e. The molecule has 1 heterocycles. The van der Waals surface area contributed by atoms with Gasteiger partial charge in [-0.1, -0.05) is 0 Å². The summed E-state index contributed by atoms with van der Waals surface area (Å²) < 4.78 is 21.8. The van der Waals surface area contributed by atoms with E-state index < -0.39 is 10.0 Å². The van der Waals surface area contributed by atoms with Gasteiger partial charge in [0.15, 0.2) is 5.03 Å². The number of anilines is 1. The van der Waals surface area contributed by atoms with E-state index in [1.807, 2.05) is 0 Å². The van der Waals surface area contributed by atoms with Crippen molar-refractivity contribution in [2.24, 2.45) is 5.14 Å². The molecule has 0 aliphatic heterocycles. The Kier molecular flexibility index (Phi) is 2.53. The summed E-state index contributed by atoms with van der Waals surface area (Å²) in [6.07, 6.45) is 0. The molecule has 0 saturated heterocycles. The number of sulfonamides is 1. The van der Waals surface area contributed by atoms with Gasteiger partial charge in [-0.15, -0.1) is 0 Å². The topological polar surface area (TPSA) is 85.1 Å². The van der Waals surface area contributed by atoms with Crippen LogP contribution in [-0.4, -0.2) is 20.4 Å². The Bertz CT molecular complexity index is 414. The van der Waals surface area contributed by atoms with Gasteiger partial charge in [-0.3, -0.25) is 0 Å². The molecule has 0 bridgehead atoms. The summed E-state index contributed by atoms with van der Waals surface area (Å²) >= 11 is 0. The second kappa shape index (κ2) is 3.31. The van der Waals surface area contributed by atoms with Crippen LogP contribution in [0.25, 0.3) is 0 Å². The average molecular weight is 201 g/mol. The van der Waals surface area contributed by atoms with Gasteiger partial charge < -0.3 is 5.32 Å². The highest BCUT2D eigenvalue weighted by atomic mass is 32.2. The van der Waals surface area contributed by atoms with Crippen molar-refractivity contribution < 1.29 is 8.42 Å². The normalized spacial score (nSPS) is 11.3. The Morgan fingerprint density at radius 3 is 2.46 bits per heavy atom. The van der Waals surface area contributed by atoms with Crippen molar-refractivity contribution in [1.29, 1.82) is 0 Å². The second-order valence-electron chi connectivity index (χ2n) is 2.58. The van der Waals surface area contributed by atoms with E-state index in [4.69, 9.17) is 5.14 Å². The number of aryl methyl sites for hydroxylation is 1. The fourth-order valence-corrected chi connectivity index (χ4v) is 1.48. The van der Waals surface area contributed by atoms with Crippen LogP contribution in [0, 0.1) is 6.92 Å². The molecule has 0 saturated carbocycles. The molecule has 72 valence electrons. The van der Waals surface area contributed by atoms with Crippen LogP contribution >= 0.6 is 0 Å². The molecule has 13 heavy (non-hydrogen) atoms. The van der Waals surface area contributed by atoms with E-state index in [0.717, 1.165) is 5.69 Å². The third-order valence-electron chi connectivity index (χ3n) is 1.62. The Morgan fingerprint density at radius 1 is 1.46 bits per heavy atom. The molecule has 6 heteroatoms. The van der Waals surface area contributed by atoms with Gasteiger partial charge in [0.1, 0.15) is 0 Å². The van der Waals surface area contributed by atoms with Crippen LogP contribution in [0.15, 0.2) is 17.2 Å². The number of nitrogens with two attached hydrogens (primary N) is 1.